The van der Waals surface area contributed by atoms with E-state index in [-0.39, 0.29) is 5.92 Å². The van der Waals surface area contributed by atoms with E-state index in [2.05, 4.69) is 34.6 Å². The molecule has 1 rings (SSSR count). The molecule has 0 saturated heterocycles. The molecule has 0 amide bonds. The fraction of sp³-hybridized carbons (Fsp3) is 0.538. The predicted octanol–water partition coefficient (Wildman–Crippen LogP) is 3.31. The third-order valence-corrected chi connectivity index (χ3v) is 3.71. The Morgan fingerprint density at radius 1 is 1.07 bits per heavy atom. The lowest BCUT2D eigenvalue weighted by Crippen LogP contribution is -2.19. The van der Waals surface area contributed by atoms with Crippen LogP contribution >= 0.6 is 0 Å². The molecule has 0 aliphatic heterocycles. The lowest BCUT2D eigenvalue weighted by Gasteiger charge is -2.30. The lowest BCUT2D eigenvalue weighted by atomic mass is 9.74. The van der Waals surface area contributed by atoms with Crippen LogP contribution in [0, 0.1) is 11.8 Å². The summed E-state index contributed by atoms with van der Waals surface area (Å²) in [5.74, 6) is 2.60. The summed E-state index contributed by atoms with van der Waals surface area (Å²) in [7, 11) is 0. The highest BCUT2D eigenvalue weighted by Crippen LogP contribution is 2.38. The molecule has 2 unspecified atom stereocenters. The third kappa shape index (κ3) is 1.60. The van der Waals surface area contributed by atoms with Gasteiger partial charge in [-0.15, -0.1) is 0 Å². The highest BCUT2D eigenvalue weighted by molar-refractivity contribution is 5.51. The van der Waals surface area contributed by atoms with Gasteiger partial charge in [-0.2, -0.15) is 0 Å². The molecule has 0 bridgehead atoms. The molecule has 0 spiro atoms. The van der Waals surface area contributed by atoms with E-state index in [9.17, 15) is 4.79 Å². The second kappa shape index (κ2) is 3.98. The van der Waals surface area contributed by atoms with Crippen LogP contribution in [-0.4, -0.2) is 5.94 Å². The first kappa shape index (κ1) is 11.0. The van der Waals surface area contributed by atoms with Crippen LogP contribution in [0.2, 0.25) is 0 Å². The van der Waals surface area contributed by atoms with Crippen molar-refractivity contribution in [2.24, 2.45) is 11.8 Å². The van der Waals surface area contributed by atoms with Gasteiger partial charge in [0.05, 0.1) is 0 Å². The van der Waals surface area contributed by atoms with E-state index in [0.29, 0.717) is 5.92 Å². The van der Waals surface area contributed by atoms with Gasteiger partial charge in [-0.3, -0.25) is 0 Å². The molecular weight excluding hydrogens is 172 g/mol. The highest BCUT2D eigenvalue weighted by atomic mass is 16.1. The minimum Gasteiger partial charge on any atom is -0.234 e. The molecule has 0 saturated carbocycles. The van der Waals surface area contributed by atoms with E-state index in [1.807, 2.05) is 5.94 Å². The van der Waals surface area contributed by atoms with E-state index in [1.54, 1.807) is 6.08 Å². The standard InChI is InChI=1S/C13H18O/c1-8-9(2)11(4)13(6-7-14)12(5)10(8)3/h6,11,13H,1-5H3. The monoisotopic (exact) mass is 190 g/mol. The van der Waals surface area contributed by atoms with Gasteiger partial charge >= 0.3 is 0 Å². The van der Waals surface area contributed by atoms with Crippen molar-refractivity contribution in [3.8, 4) is 0 Å². The minimum absolute atomic E-state index is 0.246. The summed E-state index contributed by atoms with van der Waals surface area (Å²) in [5, 5.41) is 0. The molecule has 0 radical (unpaired) electrons. The molecule has 2 atom stereocenters. The summed E-state index contributed by atoms with van der Waals surface area (Å²) in [6.45, 7) is 10.7. The average molecular weight is 190 g/mol. The van der Waals surface area contributed by atoms with Crippen molar-refractivity contribution in [2.75, 3.05) is 0 Å². The van der Waals surface area contributed by atoms with E-state index >= 15 is 0 Å². The first-order chi connectivity index (χ1) is 6.50. The largest absolute Gasteiger partial charge is 0.234 e. The van der Waals surface area contributed by atoms with Crippen LogP contribution in [0.25, 0.3) is 0 Å². The lowest BCUT2D eigenvalue weighted by molar-refractivity contribution is 0.524. The summed E-state index contributed by atoms with van der Waals surface area (Å²) in [6, 6.07) is 0. The topological polar surface area (TPSA) is 17.1 Å². The van der Waals surface area contributed by atoms with Gasteiger partial charge < -0.3 is 0 Å². The summed E-state index contributed by atoms with van der Waals surface area (Å²) in [6.07, 6.45) is 1.65. The average Bonchev–Trinajstić information content (AvgIpc) is 2.19. The maximum Gasteiger partial charge on any atom is 0.120 e. The second-order valence-corrected chi connectivity index (χ2v) is 4.22. The third-order valence-electron chi connectivity index (χ3n) is 3.71. The number of hydrogen-bond acceptors (Lipinski definition) is 1. The van der Waals surface area contributed by atoms with Crippen LogP contribution in [0.3, 0.4) is 0 Å². The summed E-state index contributed by atoms with van der Waals surface area (Å²) in [5.41, 5.74) is 5.41. The SMILES string of the molecule is CC1=C(C)C(C)C(C=C=O)C(C)=C1C. The molecular formula is C13H18O. The van der Waals surface area contributed by atoms with Gasteiger partial charge in [0, 0.05) is 12.0 Å². The fourth-order valence-corrected chi connectivity index (χ4v) is 2.17. The van der Waals surface area contributed by atoms with Crippen molar-refractivity contribution in [2.45, 2.75) is 34.6 Å². The van der Waals surface area contributed by atoms with E-state index < -0.39 is 0 Å². The number of allylic oxidation sites excluding steroid dienone is 5. The van der Waals surface area contributed by atoms with Gasteiger partial charge in [0.15, 0.2) is 0 Å². The van der Waals surface area contributed by atoms with Crippen molar-refractivity contribution < 1.29 is 4.79 Å². The number of carbonyl (C=O) groups excluding carboxylic acids is 1. The van der Waals surface area contributed by atoms with Crippen LogP contribution in [0.5, 0.6) is 0 Å². The normalized spacial score (nSPS) is 27.8. The fourth-order valence-electron chi connectivity index (χ4n) is 2.17. The van der Waals surface area contributed by atoms with Crippen LogP contribution < -0.4 is 0 Å². The molecule has 0 heterocycles. The minimum atomic E-state index is 0.246. The molecule has 14 heavy (non-hydrogen) atoms. The summed E-state index contributed by atoms with van der Waals surface area (Å²) in [4.78, 5) is 10.4. The van der Waals surface area contributed by atoms with Gasteiger partial charge in [0.25, 0.3) is 0 Å². The number of rotatable bonds is 1. The van der Waals surface area contributed by atoms with E-state index in [0.717, 1.165) is 0 Å². The Labute approximate surface area is 86.2 Å². The van der Waals surface area contributed by atoms with Crippen molar-refractivity contribution >= 4 is 5.94 Å². The van der Waals surface area contributed by atoms with Crippen molar-refractivity contribution in [3.63, 3.8) is 0 Å². The quantitative estimate of drug-likeness (QED) is 0.580. The smallest absolute Gasteiger partial charge is 0.120 e. The molecule has 76 valence electrons. The Hall–Kier alpha value is -1.07. The molecule has 1 nitrogen and oxygen atoms in total. The second-order valence-electron chi connectivity index (χ2n) is 4.22. The Kier molecular flexibility index (Phi) is 3.13. The van der Waals surface area contributed by atoms with Gasteiger partial charge in [0.2, 0.25) is 0 Å². The predicted molar refractivity (Wildman–Crippen MR) is 59.7 cm³/mol. The molecule has 0 fully saturated rings. The van der Waals surface area contributed by atoms with Crippen LogP contribution in [0.15, 0.2) is 28.4 Å². The zero-order valence-corrected chi connectivity index (χ0v) is 9.64. The van der Waals surface area contributed by atoms with Crippen molar-refractivity contribution in [1.82, 2.24) is 0 Å². The maximum atomic E-state index is 10.4. The molecule has 0 aromatic rings. The molecule has 1 aliphatic rings. The Morgan fingerprint density at radius 2 is 1.57 bits per heavy atom. The maximum absolute atomic E-state index is 10.4. The van der Waals surface area contributed by atoms with Gasteiger partial charge in [-0.25, -0.2) is 4.79 Å². The van der Waals surface area contributed by atoms with E-state index in [4.69, 9.17) is 0 Å². The van der Waals surface area contributed by atoms with Crippen LogP contribution in [0.1, 0.15) is 34.6 Å². The van der Waals surface area contributed by atoms with Crippen LogP contribution in [-0.2, 0) is 4.79 Å². The molecule has 0 aromatic carbocycles. The Morgan fingerprint density at radius 3 is 2.07 bits per heavy atom. The van der Waals surface area contributed by atoms with Crippen LogP contribution in [0.4, 0.5) is 0 Å². The molecule has 1 aliphatic carbocycles. The van der Waals surface area contributed by atoms with Gasteiger partial charge in [0.1, 0.15) is 5.94 Å². The summed E-state index contributed by atoms with van der Waals surface area (Å²) < 4.78 is 0. The zero-order valence-electron chi connectivity index (χ0n) is 9.64. The molecule has 0 aromatic heterocycles. The molecule has 0 N–H and O–H groups in total. The van der Waals surface area contributed by atoms with Gasteiger partial charge in [-0.05, 0) is 44.8 Å². The zero-order chi connectivity index (χ0) is 10.9. The first-order valence-corrected chi connectivity index (χ1v) is 5.06. The van der Waals surface area contributed by atoms with Gasteiger partial charge in [-0.1, -0.05) is 18.1 Å². The Bertz CT molecular complexity index is 351. The molecule has 1 heteroatoms. The first-order valence-electron chi connectivity index (χ1n) is 5.06. The van der Waals surface area contributed by atoms with Crippen molar-refractivity contribution in [1.29, 1.82) is 0 Å². The highest BCUT2D eigenvalue weighted by Gasteiger charge is 2.25. The van der Waals surface area contributed by atoms with Crippen molar-refractivity contribution in [3.05, 3.63) is 28.4 Å². The summed E-state index contributed by atoms with van der Waals surface area (Å²) >= 11 is 0. The number of hydrogen-bond donors (Lipinski definition) is 0. The van der Waals surface area contributed by atoms with E-state index in [1.165, 1.54) is 22.3 Å². The Balaban J connectivity index is 3.25.